The molecule has 0 saturated carbocycles. The van der Waals surface area contributed by atoms with E-state index in [0.29, 0.717) is 5.82 Å². The maximum absolute atomic E-state index is 11.5. The Labute approximate surface area is 107 Å². The van der Waals surface area contributed by atoms with Crippen molar-refractivity contribution in [3.63, 3.8) is 0 Å². The molecule has 1 aromatic heterocycles. The molecule has 1 unspecified atom stereocenters. The molecule has 0 radical (unpaired) electrons. The standard InChI is InChI=1S/C13H19N3O2/c1-8(2)11(13(17)18)16-9(3)14-15-12(16)10-6-4-5-7-10/h4-5,8,10-11H,6-7H2,1-3H3,(H,17,18). The first kappa shape index (κ1) is 12.8. The number of carbonyl (C=O) groups is 1. The first-order valence-corrected chi connectivity index (χ1v) is 6.31. The van der Waals surface area contributed by atoms with Crippen LogP contribution in [-0.2, 0) is 4.79 Å². The normalized spacial score (nSPS) is 17.6. The molecule has 0 fully saturated rings. The van der Waals surface area contributed by atoms with Crippen molar-refractivity contribution < 1.29 is 9.90 Å². The van der Waals surface area contributed by atoms with Gasteiger partial charge in [-0.15, -0.1) is 10.2 Å². The van der Waals surface area contributed by atoms with E-state index in [1.807, 2.05) is 20.8 Å². The summed E-state index contributed by atoms with van der Waals surface area (Å²) >= 11 is 0. The van der Waals surface area contributed by atoms with Crippen molar-refractivity contribution in [3.8, 4) is 0 Å². The Kier molecular flexibility index (Phi) is 3.50. The molecule has 2 rings (SSSR count). The lowest BCUT2D eigenvalue weighted by atomic mass is 10.0. The highest BCUT2D eigenvalue weighted by molar-refractivity contribution is 5.72. The van der Waals surface area contributed by atoms with E-state index < -0.39 is 12.0 Å². The monoisotopic (exact) mass is 249 g/mol. The van der Waals surface area contributed by atoms with Crippen LogP contribution in [0.2, 0.25) is 0 Å². The number of carboxylic acids is 1. The Morgan fingerprint density at radius 3 is 2.50 bits per heavy atom. The number of aliphatic carboxylic acids is 1. The number of rotatable bonds is 4. The SMILES string of the molecule is Cc1nnc(C2CC=CC2)n1C(C(=O)O)C(C)C. The van der Waals surface area contributed by atoms with Crippen molar-refractivity contribution >= 4 is 5.97 Å². The fourth-order valence-corrected chi connectivity index (χ4v) is 2.53. The van der Waals surface area contributed by atoms with Gasteiger partial charge in [-0.25, -0.2) is 4.79 Å². The number of allylic oxidation sites excluding steroid dienone is 2. The van der Waals surface area contributed by atoms with E-state index in [4.69, 9.17) is 0 Å². The Hall–Kier alpha value is -1.65. The zero-order valence-corrected chi connectivity index (χ0v) is 11.0. The van der Waals surface area contributed by atoms with Crippen molar-refractivity contribution in [2.75, 3.05) is 0 Å². The van der Waals surface area contributed by atoms with Crippen molar-refractivity contribution in [2.45, 2.75) is 45.6 Å². The molecule has 0 bridgehead atoms. The van der Waals surface area contributed by atoms with Gasteiger partial charge in [0.1, 0.15) is 17.7 Å². The molecule has 0 saturated heterocycles. The summed E-state index contributed by atoms with van der Waals surface area (Å²) in [5.74, 6) is 0.939. The van der Waals surface area contributed by atoms with Crippen molar-refractivity contribution in [1.82, 2.24) is 14.8 Å². The van der Waals surface area contributed by atoms with E-state index in [1.165, 1.54) is 0 Å². The first-order chi connectivity index (χ1) is 8.52. The van der Waals surface area contributed by atoms with Crippen LogP contribution in [-0.4, -0.2) is 25.8 Å². The predicted octanol–water partition coefficient (Wildman–Crippen LogP) is 2.30. The minimum absolute atomic E-state index is 0.00492. The minimum Gasteiger partial charge on any atom is -0.480 e. The Morgan fingerprint density at radius 1 is 1.39 bits per heavy atom. The fourth-order valence-electron chi connectivity index (χ4n) is 2.53. The van der Waals surface area contributed by atoms with Gasteiger partial charge in [-0.05, 0) is 25.7 Å². The van der Waals surface area contributed by atoms with Crippen LogP contribution in [0.1, 0.15) is 50.3 Å². The number of hydrogen-bond donors (Lipinski definition) is 1. The quantitative estimate of drug-likeness (QED) is 0.831. The van der Waals surface area contributed by atoms with Crippen molar-refractivity contribution in [1.29, 1.82) is 0 Å². The van der Waals surface area contributed by atoms with Crippen LogP contribution >= 0.6 is 0 Å². The lowest BCUT2D eigenvalue weighted by Crippen LogP contribution is -2.27. The number of aryl methyl sites for hydroxylation is 1. The van der Waals surface area contributed by atoms with Gasteiger partial charge in [0.25, 0.3) is 0 Å². The highest BCUT2D eigenvalue weighted by Gasteiger charge is 2.31. The van der Waals surface area contributed by atoms with Gasteiger partial charge in [0.15, 0.2) is 0 Å². The summed E-state index contributed by atoms with van der Waals surface area (Å²) in [5, 5.41) is 17.7. The average molecular weight is 249 g/mol. The summed E-state index contributed by atoms with van der Waals surface area (Å²) in [5.41, 5.74) is 0. The molecule has 18 heavy (non-hydrogen) atoms. The molecule has 1 aromatic rings. The second-order valence-corrected chi connectivity index (χ2v) is 5.14. The molecule has 0 spiro atoms. The molecule has 98 valence electrons. The molecule has 0 aliphatic heterocycles. The summed E-state index contributed by atoms with van der Waals surface area (Å²) in [6, 6.07) is -0.587. The van der Waals surface area contributed by atoms with Crippen molar-refractivity contribution in [3.05, 3.63) is 23.8 Å². The molecule has 1 aliphatic carbocycles. The van der Waals surface area contributed by atoms with Gasteiger partial charge >= 0.3 is 5.97 Å². The maximum Gasteiger partial charge on any atom is 0.327 e. The lowest BCUT2D eigenvalue weighted by molar-refractivity contribution is -0.142. The van der Waals surface area contributed by atoms with Crippen LogP contribution < -0.4 is 0 Å². The average Bonchev–Trinajstić information content (AvgIpc) is 2.88. The number of nitrogens with zero attached hydrogens (tertiary/aromatic N) is 3. The maximum atomic E-state index is 11.5. The molecule has 1 N–H and O–H groups in total. The fraction of sp³-hybridized carbons (Fsp3) is 0.615. The van der Waals surface area contributed by atoms with Crippen LogP contribution in [0.3, 0.4) is 0 Å². The molecule has 5 heteroatoms. The third-order valence-corrected chi connectivity index (χ3v) is 3.43. The lowest BCUT2D eigenvalue weighted by Gasteiger charge is -2.22. The highest BCUT2D eigenvalue weighted by atomic mass is 16.4. The Bertz CT molecular complexity index is 469. The van der Waals surface area contributed by atoms with Gasteiger partial charge in [-0.3, -0.25) is 0 Å². The topological polar surface area (TPSA) is 68.0 Å². The third kappa shape index (κ3) is 2.17. The Morgan fingerprint density at radius 2 is 2.00 bits per heavy atom. The van der Waals surface area contributed by atoms with E-state index in [9.17, 15) is 9.90 Å². The molecule has 1 aliphatic rings. The summed E-state index contributed by atoms with van der Waals surface area (Å²) in [7, 11) is 0. The highest BCUT2D eigenvalue weighted by Crippen LogP contribution is 2.32. The van der Waals surface area contributed by atoms with Crippen LogP contribution in [0, 0.1) is 12.8 Å². The molecule has 1 heterocycles. The molecular formula is C13H19N3O2. The number of hydrogen-bond acceptors (Lipinski definition) is 3. The molecular weight excluding hydrogens is 230 g/mol. The van der Waals surface area contributed by atoms with Gasteiger partial charge in [0.05, 0.1) is 0 Å². The van der Waals surface area contributed by atoms with E-state index in [0.717, 1.165) is 18.7 Å². The second kappa shape index (κ2) is 4.92. The zero-order valence-electron chi connectivity index (χ0n) is 11.0. The smallest absolute Gasteiger partial charge is 0.327 e. The summed E-state index contributed by atoms with van der Waals surface area (Å²) in [6.07, 6.45) is 6.07. The molecule has 0 aromatic carbocycles. The largest absolute Gasteiger partial charge is 0.480 e. The van der Waals surface area contributed by atoms with E-state index >= 15 is 0 Å². The predicted molar refractivity (Wildman–Crippen MR) is 67.4 cm³/mol. The van der Waals surface area contributed by atoms with Gasteiger partial charge < -0.3 is 9.67 Å². The van der Waals surface area contributed by atoms with Gasteiger partial charge in [0, 0.05) is 5.92 Å². The molecule has 5 nitrogen and oxygen atoms in total. The van der Waals surface area contributed by atoms with Gasteiger partial charge in [-0.2, -0.15) is 0 Å². The molecule has 0 amide bonds. The molecule has 1 atom stereocenters. The van der Waals surface area contributed by atoms with Crippen LogP contribution in [0.25, 0.3) is 0 Å². The van der Waals surface area contributed by atoms with Crippen molar-refractivity contribution in [2.24, 2.45) is 5.92 Å². The van der Waals surface area contributed by atoms with E-state index in [2.05, 4.69) is 22.3 Å². The summed E-state index contributed by atoms with van der Waals surface area (Å²) in [4.78, 5) is 11.5. The third-order valence-electron chi connectivity index (χ3n) is 3.43. The number of aromatic nitrogens is 3. The minimum atomic E-state index is -0.819. The summed E-state index contributed by atoms with van der Waals surface area (Å²) < 4.78 is 1.80. The van der Waals surface area contributed by atoms with Gasteiger partial charge in [-0.1, -0.05) is 26.0 Å². The summed E-state index contributed by atoms with van der Waals surface area (Å²) in [6.45, 7) is 5.64. The van der Waals surface area contributed by atoms with Crippen LogP contribution in [0.5, 0.6) is 0 Å². The van der Waals surface area contributed by atoms with E-state index in [1.54, 1.807) is 4.57 Å². The second-order valence-electron chi connectivity index (χ2n) is 5.14. The zero-order chi connectivity index (χ0) is 13.3. The Balaban J connectivity index is 2.41. The first-order valence-electron chi connectivity index (χ1n) is 6.31. The van der Waals surface area contributed by atoms with Gasteiger partial charge in [0.2, 0.25) is 0 Å². The van der Waals surface area contributed by atoms with Crippen LogP contribution in [0.4, 0.5) is 0 Å². The van der Waals surface area contributed by atoms with E-state index in [-0.39, 0.29) is 11.8 Å². The van der Waals surface area contributed by atoms with Crippen LogP contribution in [0.15, 0.2) is 12.2 Å². The number of carboxylic acid groups (broad SMARTS) is 1.